The first-order valence-corrected chi connectivity index (χ1v) is 15.7. The fourth-order valence-electron chi connectivity index (χ4n) is 6.86. The fraction of sp³-hybridized carbons (Fsp3) is 0.182. The third kappa shape index (κ3) is 6.17. The van der Waals surface area contributed by atoms with Crippen LogP contribution in [-0.2, 0) is 0 Å². The van der Waals surface area contributed by atoms with E-state index in [9.17, 15) is 0 Å². The van der Waals surface area contributed by atoms with Crippen LogP contribution in [0.3, 0.4) is 0 Å². The Hall–Kier alpha value is -4.68. The molecule has 0 aromatic heterocycles. The van der Waals surface area contributed by atoms with Gasteiger partial charge in [0, 0.05) is 11.8 Å². The molecule has 0 bridgehead atoms. The van der Waals surface area contributed by atoms with Gasteiger partial charge >= 0.3 is 0 Å². The second kappa shape index (κ2) is 12.5. The van der Waals surface area contributed by atoms with Crippen LogP contribution in [-0.4, -0.2) is 0 Å². The largest absolute Gasteiger partial charge is 0.0617 e. The molecule has 0 heterocycles. The zero-order valence-corrected chi connectivity index (χ0v) is 26.9. The number of hydrogen-bond donors (Lipinski definition) is 0. The summed E-state index contributed by atoms with van der Waals surface area (Å²) in [6, 6.07) is 50.0. The van der Waals surface area contributed by atoms with Crippen LogP contribution in [0, 0.1) is 41.5 Å². The van der Waals surface area contributed by atoms with Gasteiger partial charge in [-0.05, 0) is 97.2 Å². The van der Waals surface area contributed by atoms with Gasteiger partial charge in [-0.2, -0.15) is 0 Å². The van der Waals surface area contributed by atoms with Crippen molar-refractivity contribution in [2.45, 2.75) is 53.4 Å². The number of benzene rings is 6. The molecule has 0 saturated carbocycles. The summed E-state index contributed by atoms with van der Waals surface area (Å²) in [5.41, 5.74) is 18.4. The van der Waals surface area contributed by atoms with Gasteiger partial charge in [0.15, 0.2) is 0 Å². The van der Waals surface area contributed by atoms with Crippen molar-refractivity contribution in [2.75, 3.05) is 0 Å². The quantitative estimate of drug-likeness (QED) is 0.167. The Bertz CT molecular complexity index is 1710. The second-order valence-electron chi connectivity index (χ2n) is 12.7. The van der Waals surface area contributed by atoms with E-state index in [-0.39, 0.29) is 11.8 Å². The summed E-state index contributed by atoms with van der Waals surface area (Å²) in [5, 5.41) is 0. The summed E-state index contributed by atoms with van der Waals surface area (Å²) in [4.78, 5) is 0. The highest BCUT2D eigenvalue weighted by Crippen LogP contribution is 2.39. The highest BCUT2D eigenvalue weighted by atomic mass is 14.3. The molecular formula is C44H42. The Morgan fingerprint density at radius 3 is 0.864 bits per heavy atom. The van der Waals surface area contributed by atoms with E-state index < -0.39 is 0 Å². The predicted molar refractivity (Wildman–Crippen MR) is 188 cm³/mol. The lowest BCUT2D eigenvalue weighted by Gasteiger charge is -2.23. The summed E-state index contributed by atoms with van der Waals surface area (Å²) in [5.74, 6) is 0.384. The van der Waals surface area contributed by atoms with Crippen LogP contribution in [0.2, 0.25) is 0 Å². The Balaban J connectivity index is 1.40. The highest BCUT2D eigenvalue weighted by Gasteiger charge is 2.21. The molecule has 6 aromatic carbocycles. The van der Waals surface area contributed by atoms with E-state index in [0.29, 0.717) is 0 Å². The van der Waals surface area contributed by atoms with Crippen LogP contribution in [0.25, 0.3) is 11.1 Å². The minimum absolute atomic E-state index is 0.192. The Kier molecular flexibility index (Phi) is 8.36. The monoisotopic (exact) mass is 570 g/mol. The predicted octanol–water partition coefficient (Wildman–Crippen LogP) is 11.6. The van der Waals surface area contributed by atoms with Crippen molar-refractivity contribution in [1.82, 2.24) is 0 Å². The molecule has 0 nitrogen and oxygen atoms in total. The third-order valence-electron chi connectivity index (χ3n) is 9.00. The van der Waals surface area contributed by atoms with E-state index in [1.165, 1.54) is 77.9 Å². The summed E-state index contributed by atoms with van der Waals surface area (Å²) < 4.78 is 0. The van der Waals surface area contributed by atoms with Gasteiger partial charge in [0.2, 0.25) is 0 Å². The van der Waals surface area contributed by atoms with Gasteiger partial charge in [-0.3, -0.25) is 0 Å². The topological polar surface area (TPSA) is 0 Å². The molecule has 6 aromatic rings. The lowest BCUT2D eigenvalue weighted by atomic mass is 9.80. The molecule has 0 saturated heterocycles. The van der Waals surface area contributed by atoms with Crippen molar-refractivity contribution in [2.24, 2.45) is 0 Å². The summed E-state index contributed by atoms with van der Waals surface area (Å²) in [6.45, 7) is 13.3. The molecule has 0 N–H and O–H groups in total. The molecule has 0 aliphatic rings. The van der Waals surface area contributed by atoms with Gasteiger partial charge in [0.1, 0.15) is 0 Å². The van der Waals surface area contributed by atoms with Crippen molar-refractivity contribution in [3.05, 3.63) is 200 Å². The molecule has 44 heavy (non-hydrogen) atoms. The van der Waals surface area contributed by atoms with Gasteiger partial charge in [0.05, 0.1) is 0 Å². The van der Waals surface area contributed by atoms with Crippen LogP contribution in [0.5, 0.6) is 0 Å². The first-order chi connectivity index (χ1) is 21.3. The van der Waals surface area contributed by atoms with E-state index in [1.54, 1.807) is 0 Å². The fourth-order valence-corrected chi connectivity index (χ4v) is 6.86. The highest BCUT2D eigenvalue weighted by molar-refractivity contribution is 5.68. The summed E-state index contributed by atoms with van der Waals surface area (Å²) in [6.07, 6.45) is 0. The maximum atomic E-state index is 2.38. The zero-order valence-electron chi connectivity index (χ0n) is 26.9. The van der Waals surface area contributed by atoms with Crippen LogP contribution in [0.15, 0.2) is 133 Å². The van der Waals surface area contributed by atoms with E-state index in [0.717, 1.165) is 0 Å². The molecule has 0 unspecified atom stereocenters. The molecule has 0 heteroatoms. The van der Waals surface area contributed by atoms with Gasteiger partial charge in [-0.25, -0.2) is 0 Å². The van der Waals surface area contributed by atoms with Gasteiger partial charge < -0.3 is 0 Å². The smallest absolute Gasteiger partial charge is 0.0342 e. The molecule has 218 valence electrons. The van der Waals surface area contributed by atoms with Crippen LogP contribution in [0.1, 0.15) is 78.6 Å². The maximum Gasteiger partial charge on any atom is 0.0342 e. The van der Waals surface area contributed by atoms with Crippen molar-refractivity contribution in [1.29, 1.82) is 0 Å². The summed E-state index contributed by atoms with van der Waals surface area (Å²) >= 11 is 0. The molecule has 0 amide bonds. The van der Waals surface area contributed by atoms with Gasteiger partial charge in [-0.1, -0.05) is 156 Å². The van der Waals surface area contributed by atoms with Crippen molar-refractivity contribution in [3.63, 3.8) is 0 Å². The Labute approximate surface area is 264 Å². The molecule has 0 aliphatic heterocycles. The van der Waals surface area contributed by atoms with Crippen LogP contribution < -0.4 is 0 Å². The van der Waals surface area contributed by atoms with Gasteiger partial charge in [0.25, 0.3) is 0 Å². The van der Waals surface area contributed by atoms with E-state index in [4.69, 9.17) is 0 Å². The second-order valence-corrected chi connectivity index (χ2v) is 12.7. The SMILES string of the molecule is Cc1cccc(C(c2cccc(C)c2)c2ccc(-c3ccc(C(c4cccc(C)c4)c4cccc(C)c4)c(C)c3)cc2C)c1. The molecule has 0 atom stereocenters. The van der Waals surface area contributed by atoms with Gasteiger partial charge in [-0.15, -0.1) is 0 Å². The molecule has 0 aliphatic carbocycles. The Morgan fingerprint density at radius 2 is 0.614 bits per heavy atom. The third-order valence-corrected chi connectivity index (χ3v) is 9.00. The van der Waals surface area contributed by atoms with E-state index in [1.807, 2.05) is 0 Å². The number of aryl methyl sites for hydroxylation is 6. The molecule has 6 rings (SSSR count). The Morgan fingerprint density at radius 1 is 0.318 bits per heavy atom. The minimum atomic E-state index is 0.192. The van der Waals surface area contributed by atoms with E-state index in [2.05, 4.69) is 175 Å². The minimum Gasteiger partial charge on any atom is -0.0617 e. The number of rotatable bonds is 7. The molecule has 0 fully saturated rings. The lowest BCUT2D eigenvalue weighted by Crippen LogP contribution is -2.07. The molecular weight excluding hydrogens is 528 g/mol. The van der Waals surface area contributed by atoms with E-state index >= 15 is 0 Å². The average Bonchev–Trinajstić information content (AvgIpc) is 2.99. The maximum absolute atomic E-state index is 2.38. The summed E-state index contributed by atoms with van der Waals surface area (Å²) in [7, 11) is 0. The average molecular weight is 571 g/mol. The van der Waals surface area contributed by atoms with Crippen molar-refractivity contribution in [3.8, 4) is 11.1 Å². The first kappa shape index (κ1) is 29.4. The van der Waals surface area contributed by atoms with Crippen molar-refractivity contribution >= 4 is 0 Å². The first-order valence-electron chi connectivity index (χ1n) is 15.7. The zero-order chi connectivity index (χ0) is 30.8. The van der Waals surface area contributed by atoms with Crippen LogP contribution in [0.4, 0.5) is 0 Å². The normalized spacial score (nSPS) is 11.4. The van der Waals surface area contributed by atoms with Crippen molar-refractivity contribution < 1.29 is 0 Å². The molecule has 0 radical (unpaired) electrons. The van der Waals surface area contributed by atoms with Crippen LogP contribution >= 0.6 is 0 Å². The number of hydrogen-bond acceptors (Lipinski definition) is 0. The lowest BCUT2D eigenvalue weighted by molar-refractivity contribution is 0.956. The standard InChI is InChI=1S/C44H42/c1-29-11-7-15-37(23-29)43(38-16-8-12-30(2)24-38)41-21-19-35(27-33(41)5)36-20-22-42(34(6)28-36)44(39-17-9-13-31(3)25-39)40-18-10-14-32(4)26-40/h7-28,43-44H,1-6H3. The molecule has 0 spiro atoms.